The quantitative estimate of drug-likeness (QED) is 0.738. The molecule has 1 amide bonds. The van der Waals surface area contributed by atoms with Crippen LogP contribution >= 0.6 is 0 Å². The predicted molar refractivity (Wildman–Crippen MR) is 83.2 cm³/mol. The van der Waals surface area contributed by atoms with Crippen LogP contribution in [-0.2, 0) is 17.8 Å². The molecule has 1 atom stereocenters. The maximum atomic E-state index is 12.5. The third-order valence-electron chi connectivity index (χ3n) is 3.83. The van der Waals surface area contributed by atoms with Gasteiger partial charge in [0.2, 0.25) is 0 Å². The molecule has 0 N–H and O–H groups in total. The SMILES string of the molecule is CC1Cn2ccc3cccc(c32)CN1C(=O)OC(C)(C)C. The number of hydrogen-bond donors (Lipinski definition) is 0. The summed E-state index contributed by atoms with van der Waals surface area (Å²) in [6.07, 6.45) is 1.86. The number of amides is 1. The zero-order valence-electron chi connectivity index (χ0n) is 13.1. The third kappa shape index (κ3) is 2.62. The molecule has 1 aliphatic heterocycles. The summed E-state index contributed by atoms with van der Waals surface area (Å²) in [5, 5.41) is 1.23. The van der Waals surface area contributed by atoms with E-state index in [1.54, 1.807) is 0 Å². The van der Waals surface area contributed by atoms with Crippen molar-refractivity contribution in [3.63, 3.8) is 0 Å². The van der Waals surface area contributed by atoms with Crippen LogP contribution in [0.2, 0.25) is 0 Å². The van der Waals surface area contributed by atoms with Gasteiger partial charge < -0.3 is 9.30 Å². The van der Waals surface area contributed by atoms with Gasteiger partial charge in [-0.05, 0) is 44.7 Å². The molecule has 4 nitrogen and oxygen atoms in total. The van der Waals surface area contributed by atoms with Gasteiger partial charge >= 0.3 is 6.09 Å². The Labute approximate surface area is 125 Å². The van der Waals surface area contributed by atoms with Gasteiger partial charge in [-0.1, -0.05) is 18.2 Å². The summed E-state index contributed by atoms with van der Waals surface area (Å²) in [7, 11) is 0. The summed E-state index contributed by atoms with van der Waals surface area (Å²) >= 11 is 0. The van der Waals surface area contributed by atoms with E-state index in [4.69, 9.17) is 4.74 Å². The van der Waals surface area contributed by atoms with Crippen molar-refractivity contribution in [3.05, 3.63) is 36.0 Å². The van der Waals surface area contributed by atoms with Gasteiger partial charge in [0.15, 0.2) is 0 Å². The lowest BCUT2D eigenvalue weighted by atomic mass is 10.1. The van der Waals surface area contributed by atoms with E-state index >= 15 is 0 Å². The van der Waals surface area contributed by atoms with Crippen LogP contribution in [0, 0.1) is 0 Å². The Hall–Kier alpha value is -1.97. The molecule has 21 heavy (non-hydrogen) atoms. The van der Waals surface area contributed by atoms with E-state index < -0.39 is 5.60 Å². The van der Waals surface area contributed by atoms with Crippen molar-refractivity contribution >= 4 is 17.0 Å². The minimum Gasteiger partial charge on any atom is -0.444 e. The van der Waals surface area contributed by atoms with Gasteiger partial charge in [0.05, 0.1) is 18.1 Å². The van der Waals surface area contributed by atoms with E-state index in [2.05, 4.69) is 35.9 Å². The minimum atomic E-state index is -0.468. The number of aromatic nitrogens is 1. The van der Waals surface area contributed by atoms with Crippen LogP contribution in [0.15, 0.2) is 30.5 Å². The van der Waals surface area contributed by atoms with Crippen LogP contribution in [0.25, 0.3) is 10.9 Å². The van der Waals surface area contributed by atoms with Crippen molar-refractivity contribution in [1.29, 1.82) is 0 Å². The fourth-order valence-corrected chi connectivity index (χ4v) is 2.91. The van der Waals surface area contributed by atoms with Crippen LogP contribution in [-0.4, -0.2) is 27.2 Å². The van der Waals surface area contributed by atoms with Crippen LogP contribution in [0.5, 0.6) is 0 Å². The average Bonchev–Trinajstić information content (AvgIpc) is 2.70. The van der Waals surface area contributed by atoms with E-state index in [0.29, 0.717) is 6.54 Å². The smallest absolute Gasteiger partial charge is 0.410 e. The molecule has 1 aliphatic rings. The second-order valence-electron chi connectivity index (χ2n) is 6.78. The Bertz CT molecular complexity index is 682. The van der Waals surface area contributed by atoms with E-state index in [1.807, 2.05) is 31.7 Å². The van der Waals surface area contributed by atoms with Crippen LogP contribution < -0.4 is 0 Å². The molecule has 4 heteroatoms. The summed E-state index contributed by atoms with van der Waals surface area (Å²) in [6.45, 7) is 9.16. The molecule has 0 saturated heterocycles. The molecule has 0 saturated carbocycles. The Morgan fingerprint density at radius 3 is 2.76 bits per heavy atom. The van der Waals surface area contributed by atoms with Crippen LogP contribution in [0.1, 0.15) is 33.3 Å². The summed E-state index contributed by atoms with van der Waals surface area (Å²) in [5.41, 5.74) is 1.94. The van der Waals surface area contributed by atoms with E-state index in [0.717, 1.165) is 6.54 Å². The second kappa shape index (κ2) is 4.79. The molecule has 0 aliphatic carbocycles. The molecular weight excluding hydrogens is 264 g/mol. The van der Waals surface area contributed by atoms with Gasteiger partial charge in [-0.15, -0.1) is 0 Å². The second-order valence-corrected chi connectivity index (χ2v) is 6.78. The lowest BCUT2D eigenvalue weighted by Gasteiger charge is -2.30. The third-order valence-corrected chi connectivity index (χ3v) is 3.83. The summed E-state index contributed by atoms with van der Waals surface area (Å²) < 4.78 is 7.79. The van der Waals surface area contributed by atoms with E-state index in [-0.39, 0.29) is 12.1 Å². The number of para-hydroxylation sites is 1. The van der Waals surface area contributed by atoms with Gasteiger partial charge in [0, 0.05) is 12.7 Å². The van der Waals surface area contributed by atoms with Crippen LogP contribution in [0.4, 0.5) is 4.79 Å². The van der Waals surface area contributed by atoms with Gasteiger partial charge in [-0.2, -0.15) is 0 Å². The number of carbonyl (C=O) groups is 1. The van der Waals surface area contributed by atoms with Gasteiger partial charge in [-0.25, -0.2) is 4.79 Å². The molecule has 112 valence electrons. The first-order valence-corrected chi connectivity index (χ1v) is 7.41. The Balaban J connectivity index is 1.96. The minimum absolute atomic E-state index is 0.0999. The molecule has 1 aromatic carbocycles. The first kappa shape index (κ1) is 14.0. The molecule has 0 fully saturated rings. The van der Waals surface area contributed by atoms with Gasteiger partial charge in [0.1, 0.15) is 5.60 Å². The van der Waals surface area contributed by atoms with Crippen LogP contribution in [0.3, 0.4) is 0 Å². The Morgan fingerprint density at radius 2 is 2.05 bits per heavy atom. The first-order chi connectivity index (χ1) is 9.85. The summed E-state index contributed by atoms with van der Waals surface area (Å²) in [4.78, 5) is 14.3. The highest BCUT2D eigenvalue weighted by molar-refractivity contribution is 5.84. The van der Waals surface area contributed by atoms with Crippen molar-refractivity contribution in [3.8, 4) is 0 Å². The Morgan fingerprint density at radius 1 is 1.29 bits per heavy atom. The van der Waals surface area contributed by atoms with Crippen molar-refractivity contribution in [2.75, 3.05) is 0 Å². The molecule has 0 radical (unpaired) electrons. The lowest BCUT2D eigenvalue weighted by Crippen LogP contribution is -2.42. The summed E-state index contributed by atoms with van der Waals surface area (Å²) in [6, 6.07) is 8.49. The zero-order valence-corrected chi connectivity index (χ0v) is 13.1. The van der Waals surface area contributed by atoms with Gasteiger partial charge in [0.25, 0.3) is 0 Å². The Kier molecular flexibility index (Phi) is 3.19. The van der Waals surface area contributed by atoms with Crippen molar-refractivity contribution in [2.24, 2.45) is 0 Å². The molecule has 0 bridgehead atoms. The highest BCUT2D eigenvalue weighted by Gasteiger charge is 2.29. The molecule has 3 rings (SSSR count). The van der Waals surface area contributed by atoms with Crippen molar-refractivity contribution < 1.29 is 9.53 Å². The number of carbonyl (C=O) groups excluding carboxylic acids is 1. The number of hydrogen-bond acceptors (Lipinski definition) is 2. The number of ether oxygens (including phenoxy) is 1. The summed E-state index contributed by atoms with van der Waals surface area (Å²) in [5.74, 6) is 0. The average molecular weight is 286 g/mol. The predicted octanol–water partition coefficient (Wildman–Crippen LogP) is 3.78. The number of rotatable bonds is 0. The fraction of sp³-hybridized carbons (Fsp3) is 0.471. The maximum Gasteiger partial charge on any atom is 0.410 e. The highest BCUT2D eigenvalue weighted by Crippen LogP contribution is 2.27. The first-order valence-electron chi connectivity index (χ1n) is 7.41. The van der Waals surface area contributed by atoms with Crippen molar-refractivity contribution in [1.82, 2.24) is 9.47 Å². The largest absolute Gasteiger partial charge is 0.444 e. The van der Waals surface area contributed by atoms with E-state index in [9.17, 15) is 4.79 Å². The zero-order chi connectivity index (χ0) is 15.2. The molecular formula is C17H22N2O2. The lowest BCUT2D eigenvalue weighted by molar-refractivity contribution is 0.0149. The molecule has 2 heterocycles. The molecule has 2 aromatic rings. The molecule has 0 spiro atoms. The highest BCUT2D eigenvalue weighted by atomic mass is 16.6. The molecule has 1 unspecified atom stereocenters. The number of nitrogens with zero attached hydrogens (tertiary/aromatic N) is 2. The van der Waals surface area contributed by atoms with E-state index in [1.165, 1.54) is 16.5 Å². The fourth-order valence-electron chi connectivity index (χ4n) is 2.91. The maximum absolute atomic E-state index is 12.5. The van der Waals surface area contributed by atoms with Crippen molar-refractivity contribution in [2.45, 2.75) is 52.4 Å². The topological polar surface area (TPSA) is 34.5 Å². The number of benzene rings is 1. The molecule has 1 aromatic heterocycles. The monoisotopic (exact) mass is 286 g/mol. The normalized spacial score (nSPS) is 18.7. The standard InChI is InChI=1S/C17H22N2O2/c1-12-10-18-9-8-13-6-5-7-14(15(13)18)11-19(12)16(20)21-17(2,3)4/h5-9,12H,10-11H2,1-4H3. The van der Waals surface area contributed by atoms with Gasteiger partial charge in [-0.3, -0.25) is 4.90 Å².